The molecule has 68 valence electrons. The van der Waals surface area contributed by atoms with Gasteiger partial charge in [0.1, 0.15) is 6.61 Å². The molecule has 2 heteroatoms. The molecule has 2 nitrogen and oxygen atoms in total. The van der Waals surface area contributed by atoms with Gasteiger partial charge in [0.2, 0.25) is 0 Å². The van der Waals surface area contributed by atoms with Crippen LogP contribution in [-0.2, 0) is 0 Å². The Bertz CT molecular complexity index is 172. The summed E-state index contributed by atoms with van der Waals surface area (Å²) in [5, 5.41) is 8.46. The van der Waals surface area contributed by atoms with Crippen LogP contribution in [-0.4, -0.2) is 36.8 Å². The topological polar surface area (TPSA) is 23.5 Å². The highest BCUT2D eigenvalue weighted by Crippen LogP contribution is 2.18. The fraction of sp³-hybridized carbons (Fsp3) is 0.800. The van der Waals surface area contributed by atoms with E-state index < -0.39 is 0 Å². The zero-order chi connectivity index (χ0) is 8.81. The summed E-state index contributed by atoms with van der Waals surface area (Å²) in [7, 11) is 2.16. The van der Waals surface area contributed by atoms with E-state index in [4.69, 9.17) is 5.11 Å². The average Bonchev–Trinajstić information content (AvgIpc) is 2.09. The number of nitrogens with zero attached hydrogens (tertiary/aromatic N) is 1. The molecule has 1 N–H and O–H groups in total. The lowest BCUT2D eigenvalue weighted by atomic mass is 9.94. The molecule has 1 heterocycles. The first-order valence-electron chi connectivity index (χ1n) is 4.58. The van der Waals surface area contributed by atoms with Crippen LogP contribution in [0.1, 0.15) is 19.3 Å². The minimum Gasteiger partial charge on any atom is -0.384 e. The first-order valence-corrected chi connectivity index (χ1v) is 4.58. The van der Waals surface area contributed by atoms with Gasteiger partial charge < -0.3 is 10.0 Å². The molecule has 1 fully saturated rings. The third kappa shape index (κ3) is 3.25. The van der Waals surface area contributed by atoms with Crippen molar-refractivity contribution in [3.63, 3.8) is 0 Å². The summed E-state index contributed by atoms with van der Waals surface area (Å²) >= 11 is 0. The Morgan fingerprint density at radius 2 is 2.00 bits per heavy atom. The first-order chi connectivity index (χ1) is 5.83. The van der Waals surface area contributed by atoms with Crippen LogP contribution in [0.5, 0.6) is 0 Å². The van der Waals surface area contributed by atoms with Crippen molar-refractivity contribution in [3.8, 4) is 11.8 Å². The van der Waals surface area contributed by atoms with Crippen molar-refractivity contribution in [2.24, 2.45) is 5.92 Å². The van der Waals surface area contributed by atoms with E-state index in [9.17, 15) is 0 Å². The number of hydrogen-bond acceptors (Lipinski definition) is 2. The molecule has 0 unspecified atom stereocenters. The van der Waals surface area contributed by atoms with Crippen molar-refractivity contribution in [3.05, 3.63) is 0 Å². The zero-order valence-corrected chi connectivity index (χ0v) is 7.71. The van der Waals surface area contributed by atoms with E-state index in [-0.39, 0.29) is 6.61 Å². The molecule has 12 heavy (non-hydrogen) atoms. The van der Waals surface area contributed by atoms with E-state index in [2.05, 4.69) is 23.8 Å². The van der Waals surface area contributed by atoms with Crippen molar-refractivity contribution in [1.82, 2.24) is 4.90 Å². The van der Waals surface area contributed by atoms with Crippen LogP contribution in [0, 0.1) is 17.8 Å². The van der Waals surface area contributed by atoms with E-state index in [0.29, 0.717) is 0 Å². The van der Waals surface area contributed by atoms with Gasteiger partial charge in [-0.05, 0) is 38.9 Å². The number of aliphatic hydroxyl groups is 1. The molecule has 0 spiro atoms. The fourth-order valence-corrected chi connectivity index (χ4v) is 1.54. The maximum absolute atomic E-state index is 8.46. The monoisotopic (exact) mass is 167 g/mol. The van der Waals surface area contributed by atoms with Crippen LogP contribution in [0.15, 0.2) is 0 Å². The molecule has 0 amide bonds. The number of rotatable bonds is 1. The van der Waals surface area contributed by atoms with Crippen LogP contribution in [0.3, 0.4) is 0 Å². The van der Waals surface area contributed by atoms with E-state index in [1.165, 1.54) is 25.9 Å². The summed E-state index contributed by atoms with van der Waals surface area (Å²) in [6.07, 6.45) is 3.49. The third-order valence-electron chi connectivity index (χ3n) is 2.43. The van der Waals surface area contributed by atoms with Gasteiger partial charge in [0, 0.05) is 6.42 Å². The Balaban J connectivity index is 2.17. The molecule has 0 radical (unpaired) electrons. The molecule has 1 aliphatic heterocycles. The van der Waals surface area contributed by atoms with E-state index in [1.54, 1.807) is 0 Å². The van der Waals surface area contributed by atoms with Gasteiger partial charge in [0.25, 0.3) is 0 Å². The van der Waals surface area contributed by atoms with Gasteiger partial charge in [-0.1, -0.05) is 5.92 Å². The molecule has 0 aromatic carbocycles. The van der Waals surface area contributed by atoms with Crippen molar-refractivity contribution in [2.45, 2.75) is 19.3 Å². The molecule has 0 atom stereocenters. The summed E-state index contributed by atoms with van der Waals surface area (Å²) in [6, 6.07) is 0. The molecular weight excluding hydrogens is 150 g/mol. The van der Waals surface area contributed by atoms with E-state index >= 15 is 0 Å². The van der Waals surface area contributed by atoms with Crippen LogP contribution < -0.4 is 0 Å². The van der Waals surface area contributed by atoms with Crippen LogP contribution in [0.4, 0.5) is 0 Å². The maximum Gasteiger partial charge on any atom is 0.104 e. The molecule has 0 aromatic heterocycles. The second kappa shape index (κ2) is 5.18. The van der Waals surface area contributed by atoms with Gasteiger partial charge in [-0.2, -0.15) is 0 Å². The molecule has 1 saturated heterocycles. The zero-order valence-electron chi connectivity index (χ0n) is 7.71. The van der Waals surface area contributed by atoms with E-state index in [0.717, 1.165) is 12.3 Å². The highest BCUT2D eigenvalue weighted by Gasteiger charge is 2.14. The quantitative estimate of drug-likeness (QED) is 0.581. The summed E-state index contributed by atoms with van der Waals surface area (Å²) in [4.78, 5) is 2.36. The lowest BCUT2D eigenvalue weighted by Crippen LogP contribution is -2.29. The predicted molar refractivity (Wildman–Crippen MR) is 49.7 cm³/mol. The Kier molecular flexibility index (Phi) is 4.13. The summed E-state index contributed by atoms with van der Waals surface area (Å²) in [6.45, 7) is 2.41. The van der Waals surface area contributed by atoms with Crippen molar-refractivity contribution in [2.75, 3.05) is 26.7 Å². The number of aliphatic hydroxyl groups excluding tert-OH is 1. The smallest absolute Gasteiger partial charge is 0.104 e. The van der Waals surface area contributed by atoms with E-state index in [1.807, 2.05) is 0 Å². The van der Waals surface area contributed by atoms with Crippen LogP contribution in [0.2, 0.25) is 0 Å². The number of likely N-dealkylation sites (tertiary alicyclic amines) is 1. The molecule has 0 saturated carbocycles. The second-order valence-corrected chi connectivity index (χ2v) is 3.46. The highest BCUT2D eigenvalue weighted by atomic mass is 16.2. The normalized spacial score (nSPS) is 20.2. The Morgan fingerprint density at radius 1 is 1.33 bits per heavy atom. The number of piperidine rings is 1. The van der Waals surface area contributed by atoms with Gasteiger partial charge in [0.15, 0.2) is 0 Å². The Labute approximate surface area is 74.6 Å². The van der Waals surface area contributed by atoms with Gasteiger partial charge in [0.05, 0.1) is 0 Å². The average molecular weight is 167 g/mol. The predicted octanol–water partition coefficient (Wildman–Crippen LogP) is 0.714. The lowest BCUT2D eigenvalue weighted by Gasteiger charge is -2.27. The maximum atomic E-state index is 8.46. The summed E-state index contributed by atoms with van der Waals surface area (Å²) in [5.74, 6) is 6.46. The molecule has 1 aliphatic rings. The molecular formula is C10H17NO. The van der Waals surface area contributed by atoms with Gasteiger partial charge >= 0.3 is 0 Å². The first kappa shape index (κ1) is 9.57. The fourth-order valence-electron chi connectivity index (χ4n) is 1.54. The highest BCUT2D eigenvalue weighted by molar-refractivity contribution is 5.00. The van der Waals surface area contributed by atoms with Crippen LogP contribution in [0.25, 0.3) is 0 Å². The second-order valence-electron chi connectivity index (χ2n) is 3.46. The van der Waals surface area contributed by atoms with Crippen LogP contribution >= 0.6 is 0 Å². The molecule has 0 aromatic rings. The van der Waals surface area contributed by atoms with Crippen molar-refractivity contribution < 1.29 is 5.11 Å². The van der Waals surface area contributed by atoms with Gasteiger partial charge in [-0.15, -0.1) is 5.92 Å². The summed E-state index contributed by atoms with van der Waals surface area (Å²) in [5.41, 5.74) is 0. The third-order valence-corrected chi connectivity index (χ3v) is 2.43. The standard InChI is InChI=1S/C10H17NO/c1-11-7-5-10(6-8-11)4-2-3-9-12/h10,12H,4-9H2,1H3. The molecule has 0 aliphatic carbocycles. The lowest BCUT2D eigenvalue weighted by molar-refractivity contribution is 0.222. The minimum atomic E-state index is 0.00657. The number of hydrogen-bond donors (Lipinski definition) is 1. The SMILES string of the molecule is CN1CCC(CC#CCO)CC1. The Hall–Kier alpha value is -0.520. The summed E-state index contributed by atoms with van der Waals surface area (Å²) < 4.78 is 0. The molecule has 1 rings (SSSR count). The van der Waals surface area contributed by atoms with Crippen molar-refractivity contribution >= 4 is 0 Å². The van der Waals surface area contributed by atoms with Crippen molar-refractivity contribution in [1.29, 1.82) is 0 Å². The molecule has 0 bridgehead atoms. The Morgan fingerprint density at radius 3 is 2.58 bits per heavy atom. The van der Waals surface area contributed by atoms with Gasteiger partial charge in [-0.3, -0.25) is 0 Å². The largest absolute Gasteiger partial charge is 0.384 e. The minimum absolute atomic E-state index is 0.00657. The van der Waals surface area contributed by atoms with Gasteiger partial charge in [-0.25, -0.2) is 0 Å².